The first kappa shape index (κ1) is 53.8. The van der Waals surface area contributed by atoms with E-state index in [1.54, 1.807) is 43.4 Å². The summed E-state index contributed by atoms with van der Waals surface area (Å²) in [6.45, 7) is 4.17. The fourth-order valence-electron chi connectivity index (χ4n) is 8.55. The third kappa shape index (κ3) is 15.1. The van der Waals surface area contributed by atoms with Gasteiger partial charge in [0.15, 0.2) is 5.71 Å². The van der Waals surface area contributed by atoms with Crippen LogP contribution in [0.2, 0.25) is 0 Å². The topological polar surface area (TPSA) is 318 Å². The van der Waals surface area contributed by atoms with Crippen molar-refractivity contribution in [3.63, 3.8) is 0 Å². The van der Waals surface area contributed by atoms with E-state index in [1.807, 2.05) is 16.4 Å². The number of anilines is 1. The number of aliphatic carboxylic acids is 1. The molecule has 0 bridgehead atoms. The highest BCUT2D eigenvalue weighted by molar-refractivity contribution is 7.86. The second kappa shape index (κ2) is 21.4. The molecular weight excluding hydrogens is 953 g/mol. The van der Waals surface area contributed by atoms with Crippen molar-refractivity contribution >= 4 is 73.6 Å². The molecule has 0 radical (unpaired) electrons. The van der Waals surface area contributed by atoms with Crippen molar-refractivity contribution < 1.29 is 79.3 Å². The first-order chi connectivity index (χ1) is 30.0. The number of hydrogen-bond acceptors (Lipinski definition) is 13. The van der Waals surface area contributed by atoms with Crippen molar-refractivity contribution in [3.8, 4) is 0 Å². The average molecular weight is 1010 g/mol. The molecule has 0 saturated carbocycles. The van der Waals surface area contributed by atoms with Crippen LogP contribution in [0.4, 0.5) is 11.4 Å². The molecule has 0 aliphatic carbocycles. The third-order valence-electron chi connectivity index (χ3n) is 11.7. The Kier molecular flexibility index (Phi) is 17.7. The van der Waals surface area contributed by atoms with Crippen LogP contribution < -0.4 is 4.90 Å². The molecule has 0 fully saturated rings. The number of allylic oxidation sites excluding steroid dienone is 6. The lowest BCUT2D eigenvalue weighted by molar-refractivity contribution is -0.438. The number of carbonyl (C=O) groups is 1. The average Bonchev–Trinajstić information content (AvgIpc) is 3.54. The fraction of sp³-hybridized carbons (Fsp3) is 0.512. The molecule has 5 N–H and O–H groups in total. The second-order valence-corrected chi connectivity index (χ2v) is 24.1. The highest BCUT2D eigenvalue weighted by atomic mass is 32.2. The summed E-state index contributed by atoms with van der Waals surface area (Å²) in [5.74, 6) is -2.50. The van der Waals surface area contributed by atoms with Gasteiger partial charge < -0.3 is 14.6 Å². The van der Waals surface area contributed by atoms with Gasteiger partial charge in [-0.1, -0.05) is 37.5 Å². The predicted octanol–water partition coefficient (Wildman–Crippen LogP) is 5.40. The van der Waals surface area contributed by atoms with Crippen LogP contribution in [0.15, 0.2) is 82.3 Å². The van der Waals surface area contributed by atoms with Crippen molar-refractivity contribution in [2.45, 2.75) is 112 Å². The van der Waals surface area contributed by atoms with Gasteiger partial charge in [0.05, 0.1) is 32.5 Å². The Bertz CT molecular complexity index is 2800. The fourth-order valence-corrected chi connectivity index (χ4v) is 11.3. The number of carboxylic acid groups (broad SMARTS) is 1. The largest absolute Gasteiger partial charge is 0.744 e. The molecule has 2 aromatic rings. The van der Waals surface area contributed by atoms with E-state index < -0.39 is 89.5 Å². The van der Waals surface area contributed by atoms with E-state index in [1.165, 1.54) is 24.3 Å². The highest BCUT2D eigenvalue weighted by Gasteiger charge is 2.48. The SMILES string of the molecule is CC1(CCCCS(=O)(=O)O)C(/C=C/C=C/C=C2/N(CCCCCC(=O)O)c3ccc(S(=O)(=O)O)cc3C2(C)CCCCS(=O)(=O)O)=[N+](CCCCS(=O)(=O)O)c2ccc(S(=O)(=O)[O-])cc21. The molecule has 65 heavy (non-hydrogen) atoms. The Balaban J connectivity index is 1.83. The minimum Gasteiger partial charge on any atom is -0.744 e. The molecule has 0 amide bonds. The summed E-state index contributed by atoms with van der Waals surface area (Å²) in [6.07, 6.45) is 11.4. The number of hydrogen-bond donors (Lipinski definition) is 5. The van der Waals surface area contributed by atoms with Gasteiger partial charge in [0, 0.05) is 53.9 Å². The van der Waals surface area contributed by atoms with Gasteiger partial charge in [-0.2, -0.15) is 38.2 Å². The molecule has 0 spiro atoms. The van der Waals surface area contributed by atoms with Gasteiger partial charge >= 0.3 is 5.97 Å². The number of nitrogens with zero attached hydrogens (tertiary/aromatic N) is 2. The Morgan fingerprint density at radius 1 is 0.662 bits per heavy atom. The maximum Gasteiger partial charge on any atom is 0.303 e. The van der Waals surface area contributed by atoms with Gasteiger partial charge in [0.1, 0.15) is 16.7 Å². The van der Waals surface area contributed by atoms with E-state index >= 15 is 0 Å². The normalized spacial score (nSPS) is 20.1. The molecule has 2 heterocycles. The van der Waals surface area contributed by atoms with Crippen LogP contribution in [0, 0.1) is 0 Å². The highest BCUT2D eigenvalue weighted by Crippen LogP contribution is 2.51. The number of rotatable bonds is 26. The molecule has 0 aromatic heterocycles. The molecule has 19 nitrogen and oxygen atoms in total. The van der Waals surface area contributed by atoms with Crippen LogP contribution in [0.5, 0.6) is 0 Å². The van der Waals surface area contributed by atoms with E-state index in [2.05, 4.69) is 0 Å². The lowest BCUT2D eigenvalue weighted by Gasteiger charge is -2.30. The Labute approximate surface area is 381 Å². The van der Waals surface area contributed by atoms with E-state index in [4.69, 9.17) is 5.11 Å². The summed E-state index contributed by atoms with van der Waals surface area (Å²) in [7, 11) is -22.4. The van der Waals surface area contributed by atoms with Crippen molar-refractivity contribution in [1.82, 2.24) is 0 Å². The lowest BCUT2D eigenvalue weighted by atomic mass is 9.75. The molecule has 2 unspecified atom stereocenters. The molecule has 2 atom stereocenters. The molecule has 362 valence electrons. The smallest absolute Gasteiger partial charge is 0.303 e. The summed E-state index contributed by atoms with van der Waals surface area (Å²) >= 11 is 0. The zero-order valence-corrected chi connectivity index (χ0v) is 40.0. The van der Waals surface area contributed by atoms with Gasteiger partial charge in [0.2, 0.25) is 5.69 Å². The number of benzene rings is 2. The predicted molar refractivity (Wildman–Crippen MR) is 241 cm³/mol. The van der Waals surface area contributed by atoms with Crippen molar-refractivity contribution in [1.29, 1.82) is 0 Å². The van der Waals surface area contributed by atoms with Crippen LogP contribution in [0.1, 0.15) is 102 Å². The zero-order valence-electron chi connectivity index (χ0n) is 35.9. The molecule has 2 aromatic carbocycles. The number of unbranched alkanes of at least 4 members (excludes halogenated alkanes) is 5. The molecule has 24 heteroatoms. The van der Waals surface area contributed by atoms with Gasteiger partial charge in [-0.3, -0.25) is 23.0 Å². The monoisotopic (exact) mass is 1010 g/mol. The van der Waals surface area contributed by atoms with E-state index in [9.17, 15) is 69.6 Å². The van der Waals surface area contributed by atoms with Gasteiger partial charge in [-0.05, 0) is 101 Å². The van der Waals surface area contributed by atoms with E-state index in [0.29, 0.717) is 59.7 Å². The summed E-state index contributed by atoms with van der Waals surface area (Å²) < 4.78 is 170. The van der Waals surface area contributed by atoms with Crippen LogP contribution >= 0.6 is 0 Å². The summed E-state index contributed by atoms with van der Waals surface area (Å²) in [5.41, 5.74) is 1.25. The summed E-state index contributed by atoms with van der Waals surface area (Å²) in [5, 5.41) is 9.15. The zero-order chi connectivity index (χ0) is 48.6. The second-order valence-electron chi connectivity index (χ2n) is 16.6. The van der Waals surface area contributed by atoms with Gasteiger partial charge in [-0.25, -0.2) is 8.42 Å². The molecule has 2 aliphatic heterocycles. The van der Waals surface area contributed by atoms with Crippen LogP contribution in [0.3, 0.4) is 0 Å². The molecule has 0 saturated heterocycles. The molecule has 2 aliphatic rings. The van der Waals surface area contributed by atoms with Crippen LogP contribution in [-0.4, -0.2) is 117 Å². The summed E-state index contributed by atoms with van der Waals surface area (Å²) in [4.78, 5) is 12.3. The minimum absolute atomic E-state index is 0.0356. The maximum atomic E-state index is 12.3. The van der Waals surface area contributed by atoms with Gasteiger partial charge in [-0.15, -0.1) is 0 Å². The Hall–Kier alpha value is -3.85. The number of fused-ring (bicyclic) bond motifs is 2. The van der Waals surface area contributed by atoms with E-state index in [0.717, 1.165) is 6.07 Å². The maximum absolute atomic E-state index is 12.3. The van der Waals surface area contributed by atoms with Crippen molar-refractivity contribution in [2.75, 3.05) is 35.2 Å². The first-order valence-corrected chi connectivity index (χ1v) is 28.4. The Morgan fingerprint density at radius 2 is 1.22 bits per heavy atom. The quantitative estimate of drug-likeness (QED) is 0.0341. The molecular formula is C41H56N2O17S5. The standard InChI is InChI=1S/C41H56N2O17S5/c1-40(22-8-12-26-61(46,47)48)33-29-31(64(55,56)57)18-20-35(33)42(24-10-4-7-17-39(44)45)37(40)15-5-3-6-16-38-41(2,23-9-13-27-62(49,50)51)34-30-32(65(58,59)60)19-21-36(34)43(38)25-11-14-28-63(52,53)54/h3,5-6,15-16,18-21,29-30H,4,7-14,17,22-28H2,1-2H3,(H5-,44,45,46,47,48,49,50,51,52,53,54,55,56,57,58,59,60). The lowest BCUT2D eigenvalue weighted by Crippen LogP contribution is -2.32. The number of carboxylic acids is 1. The molecule has 4 rings (SSSR count). The Morgan fingerprint density at radius 3 is 1.77 bits per heavy atom. The summed E-state index contributed by atoms with van der Waals surface area (Å²) in [6, 6.07) is 8.03. The third-order valence-corrected chi connectivity index (χ3v) is 15.8. The van der Waals surface area contributed by atoms with Gasteiger partial charge in [0.25, 0.3) is 40.5 Å². The first-order valence-electron chi connectivity index (χ1n) is 20.7. The van der Waals surface area contributed by atoms with Crippen LogP contribution in [-0.2, 0) is 66.2 Å². The minimum atomic E-state index is -4.92. The van der Waals surface area contributed by atoms with Crippen LogP contribution in [0.25, 0.3) is 0 Å². The van der Waals surface area contributed by atoms with Crippen molar-refractivity contribution in [2.24, 2.45) is 0 Å². The van der Waals surface area contributed by atoms with Crippen molar-refractivity contribution in [3.05, 3.63) is 83.6 Å². The van der Waals surface area contributed by atoms with E-state index in [-0.39, 0.29) is 69.2 Å².